The van der Waals surface area contributed by atoms with E-state index < -0.39 is 11.7 Å². The number of ether oxygens (including phenoxy) is 3. The SMILES string of the molecule is COc1ccc2nc(Oc3ccc(F)cc3)c(C3C(C#N)=C(N)OC4=C3C(=O)CC(C)(C)C4)cc2c1. The first-order chi connectivity index (χ1) is 17.2. The Morgan fingerprint density at radius 2 is 1.86 bits per heavy atom. The number of nitrogens with zero attached hydrogens (tertiary/aromatic N) is 2. The number of nitrogens with two attached hydrogens (primary N) is 1. The summed E-state index contributed by atoms with van der Waals surface area (Å²) in [6, 6.07) is 14.9. The summed E-state index contributed by atoms with van der Waals surface area (Å²) in [5.41, 5.74) is 7.47. The molecule has 2 heterocycles. The van der Waals surface area contributed by atoms with Crippen LogP contribution in [0.25, 0.3) is 10.9 Å². The van der Waals surface area contributed by atoms with E-state index in [1.807, 2.05) is 26.0 Å². The number of carbonyl (C=O) groups excluding carboxylic acids is 1. The van der Waals surface area contributed by atoms with E-state index in [2.05, 4.69) is 6.07 Å². The summed E-state index contributed by atoms with van der Waals surface area (Å²) in [7, 11) is 1.57. The highest BCUT2D eigenvalue weighted by Crippen LogP contribution is 2.50. The van der Waals surface area contributed by atoms with Gasteiger partial charge >= 0.3 is 0 Å². The Bertz CT molecular complexity index is 1500. The van der Waals surface area contributed by atoms with Crippen molar-refractivity contribution in [3.63, 3.8) is 0 Å². The van der Waals surface area contributed by atoms with Crippen LogP contribution in [0.5, 0.6) is 17.4 Å². The summed E-state index contributed by atoms with van der Waals surface area (Å²) in [5, 5.41) is 10.8. The number of ketones is 1. The van der Waals surface area contributed by atoms with Gasteiger partial charge in [-0.2, -0.15) is 5.26 Å². The third-order valence-corrected chi connectivity index (χ3v) is 6.43. The number of carbonyl (C=O) groups is 1. The molecule has 1 atom stereocenters. The van der Waals surface area contributed by atoms with Crippen LogP contribution in [0, 0.1) is 22.6 Å². The highest BCUT2D eigenvalue weighted by molar-refractivity contribution is 6.00. The van der Waals surface area contributed by atoms with E-state index >= 15 is 0 Å². The number of aromatic nitrogens is 1. The Morgan fingerprint density at radius 1 is 1.14 bits per heavy atom. The van der Waals surface area contributed by atoms with Gasteiger partial charge in [-0.3, -0.25) is 4.79 Å². The van der Waals surface area contributed by atoms with Crippen LogP contribution < -0.4 is 15.2 Å². The van der Waals surface area contributed by atoms with Crippen LogP contribution in [-0.2, 0) is 9.53 Å². The second-order valence-corrected chi connectivity index (χ2v) is 9.70. The van der Waals surface area contributed by atoms with E-state index in [0.717, 1.165) is 5.39 Å². The lowest BCUT2D eigenvalue weighted by Crippen LogP contribution is -2.33. The summed E-state index contributed by atoms with van der Waals surface area (Å²) in [6.07, 6.45) is 0.792. The molecule has 8 heteroatoms. The average Bonchev–Trinajstić information content (AvgIpc) is 2.83. The number of fused-ring (bicyclic) bond motifs is 1. The standard InChI is InChI=1S/C28H24FN3O4/c1-28(2)12-22(33)25-23(13-28)36-26(31)20(14-30)24(25)19-11-15-10-18(34-3)8-9-21(15)32-27(19)35-17-6-4-16(29)5-7-17/h4-11,24H,12-13,31H2,1-3H3. The lowest BCUT2D eigenvalue weighted by Gasteiger charge is -2.37. The van der Waals surface area contributed by atoms with Crippen molar-refractivity contribution in [3.05, 3.63) is 82.7 Å². The number of halogens is 1. The fourth-order valence-corrected chi connectivity index (χ4v) is 4.78. The van der Waals surface area contributed by atoms with Gasteiger partial charge < -0.3 is 19.9 Å². The first-order valence-electron chi connectivity index (χ1n) is 11.4. The van der Waals surface area contributed by atoms with Crippen LogP contribution >= 0.6 is 0 Å². The van der Waals surface area contributed by atoms with Crippen LogP contribution in [0.15, 0.2) is 71.3 Å². The quantitative estimate of drug-likeness (QED) is 0.511. The van der Waals surface area contributed by atoms with E-state index in [1.54, 1.807) is 19.2 Å². The summed E-state index contributed by atoms with van der Waals surface area (Å²) < 4.78 is 30.8. The van der Waals surface area contributed by atoms with Gasteiger partial charge in [-0.15, -0.1) is 0 Å². The van der Waals surface area contributed by atoms with E-state index in [-0.39, 0.29) is 28.5 Å². The van der Waals surface area contributed by atoms with Crippen LogP contribution in [0.3, 0.4) is 0 Å². The molecule has 0 spiro atoms. The maximum Gasteiger partial charge on any atom is 0.224 e. The summed E-state index contributed by atoms with van der Waals surface area (Å²) >= 11 is 0. The predicted octanol–water partition coefficient (Wildman–Crippen LogP) is 5.63. The zero-order chi connectivity index (χ0) is 25.6. The number of nitriles is 1. The van der Waals surface area contributed by atoms with Crippen LogP contribution in [0.2, 0.25) is 0 Å². The van der Waals surface area contributed by atoms with Crippen molar-refractivity contribution < 1.29 is 23.4 Å². The maximum atomic E-state index is 13.5. The number of benzene rings is 2. The molecule has 0 amide bonds. The number of Topliss-reactive ketones (excluding diaryl/α,β-unsaturated/α-hetero) is 1. The number of rotatable bonds is 4. The maximum absolute atomic E-state index is 13.5. The van der Waals surface area contributed by atoms with Crippen molar-refractivity contribution in [2.24, 2.45) is 11.1 Å². The van der Waals surface area contributed by atoms with Gasteiger partial charge in [0.2, 0.25) is 11.8 Å². The molecule has 1 aromatic heterocycles. The Morgan fingerprint density at radius 3 is 2.56 bits per heavy atom. The topological polar surface area (TPSA) is 107 Å². The van der Waals surface area contributed by atoms with Crippen molar-refractivity contribution in [3.8, 4) is 23.4 Å². The van der Waals surface area contributed by atoms with Crippen LogP contribution in [0.1, 0.15) is 38.2 Å². The third kappa shape index (κ3) is 4.13. The molecule has 0 radical (unpaired) electrons. The van der Waals surface area contributed by atoms with E-state index in [9.17, 15) is 14.4 Å². The molecular formula is C28H24FN3O4. The molecule has 1 aliphatic carbocycles. The van der Waals surface area contributed by atoms with Crippen molar-refractivity contribution in [2.75, 3.05) is 7.11 Å². The summed E-state index contributed by atoms with van der Waals surface area (Å²) in [5.74, 6) is 0.202. The molecule has 0 bridgehead atoms. The van der Waals surface area contributed by atoms with E-state index in [4.69, 9.17) is 24.9 Å². The highest BCUT2D eigenvalue weighted by atomic mass is 19.1. The Labute approximate surface area is 207 Å². The minimum absolute atomic E-state index is 0.0507. The number of pyridine rings is 1. The van der Waals surface area contributed by atoms with Gasteiger partial charge in [0.05, 0.1) is 18.5 Å². The number of hydrogen-bond donors (Lipinski definition) is 1. The number of hydrogen-bond acceptors (Lipinski definition) is 7. The fourth-order valence-electron chi connectivity index (χ4n) is 4.78. The molecule has 0 saturated heterocycles. The van der Waals surface area contributed by atoms with Crippen molar-refractivity contribution in [2.45, 2.75) is 32.6 Å². The lowest BCUT2D eigenvalue weighted by molar-refractivity contribution is -0.119. The smallest absolute Gasteiger partial charge is 0.224 e. The molecule has 182 valence electrons. The molecular weight excluding hydrogens is 461 g/mol. The number of methoxy groups -OCH3 is 1. The van der Waals surface area contributed by atoms with Gasteiger partial charge in [0.15, 0.2) is 5.78 Å². The first-order valence-corrected chi connectivity index (χ1v) is 11.4. The molecule has 0 fully saturated rings. The minimum Gasteiger partial charge on any atom is -0.497 e. The Kier molecular flexibility index (Phi) is 5.64. The van der Waals surface area contributed by atoms with Crippen LogP contribution in [0.4, 0.5) is 4.39 Å². The van der Waals surface area contributed by atoms with Gasteiger partial charge in [-0.05, 0) is 53.9 Å². The molecule has 2 N–H and O–H groups in total. The average molecular weight is 486 g/mol. The predicted molar refractivity (Wildman–Crippen MR) is 130 cm³/mol. The summed E-state index contributed by atoms with van der Waals surface area (Å²) in [6.45, 7) is 3.97. The van der Waals surface area contributed by atoms with Gasteiger partial charge in [-0.25, -0.2) is 9.37 Å². The largest absolute Gasteiger partial charge is 0.497 e. The Hall–Kier alpha value is -4.38. The minimum atomic E-state index is -0.833. The second kappa shape index (κ2) is 8.68. The monoisotopic (exact) mass is 485 g/mol. The molecule has 0 saturated carbocycles. The van der Waals surface area contributed by atoms with E-state index in [0.29, 0.717) is 46.8 Å². The van der Waals surface area contributed by atoms with Gasteiger partial charge in [0, 0.05) is 29.4 Å². The molecule has 1 unspecified atom stereocenters. The van der Waals surface area contributed by atoms with Gasteiger partial charge in [-0.1, -0.05) is 13.8 Å². The van der Waals surface area contributed by atoms with Gasteiger partial charge in [0.1, 0.15) is 34.7 Å². The van der Waals surface area contributed by atoms with Crippen LogP contribution in [-0.4, -0.2) is 17.9 Å². The van der Waals surface area contributed by atoms with Crippen molar-refractivity contribution in [1.29, 1.82) is 5.26 Å². The van der Waals surface area contributed by atoms with Crippen molar-refractivity contribution >= 4 is 16.7 Å². The molecule has 7 nitrogen and oxygen atoms in total. The molecule has 1 aliphatic heterocycles. The van der Waals surface area contributed by atoms with Gasteiger partial charge in [0.25, 0.3) is 0 Å². The van der Waals surface area contributed by atoms with Crippen molar-refractivity contribution in [1.82, 2.24) is 4.98 Å². The second-order valence-electron chi connectivity index (χ2n) is 9.70. The molecule has 2 aromatic carbocycles. The highest BCUT2D eigenvalue weighted by Gasteiger charge is 2.44. The molecule has 5 rings (SSSR count). The normalized spacial score (nSPS) is 19.0. The lowest BCUT2D eigenvalue weighted by atomic mass is 9.70. The molecule has 2 aliphatic rings. The molecule has 36 heavy (non-hydrogen) atoms. The molecule has 3 aromatic rings. The number of allylic oxidation sites excluding steroid dienone is 3. The van der Waals surface area contributed by atoms with E-state index in [1.165, 1.54) is 24.3 Å². The summed E-state index contributed by atoms with van der Waals surface area (Å²) in [4.78, 5) is 18.1. The third-order valence-electron chi connectivity index (χ3n) is 6.43. The zero-order valence-corrected chi connectivity index (χ0v) is 20.1. The Balaban J connectivity index is 1.76. The fraction of sp³-hybridized carbons (Fsp3) is 0.250. The zero-order valence-electron chi connectivity index (χ0n) is 20.1. The first kappa shape index (κ1) is 23.4.